The van der Waals surface area contributed by atoms with Crippen molar-refractivity contribution >= 4 is 5.91 Å². The highest BCUT2D eigenvalue weighted by Crippen LogP contribution is 2.14. The zero-order valence-electron chi connectivity index (χ0n) is 13.0. The van der Waals surface area contributed by atoms with E-state index in [1.165, 1.54) is 5.56 Å². The zero-order valence-corrected chi connectivity index (χ0v) is 13.0. The van der Waals surface area contributed by atoms with Gasteiger partial charge in [0, 0.05) is 25.7 Å². The molecule has 21 heavy (non-hydrogen) atoms. The molecule has 1 aromatic carbocycles. The zero-order chi connectivity index (χ0) is 15.1. The highest BCUT2D eigenvalue weighted by molar-refractivity contribution is 5.76. The first kappa shape index (κ1) is 16.0. The van der Waals surface area contributed by atoms with Gasteiger partial charge in [0.1, 0.15) is 0 Å². The van der Waals surface area contributed by atoms with Crippen molar-refractivity contribution in [3.63, 3.8) is 0 Å². The average molecular weight is 290 g/mol. The molecule has 116 valence electrons. The smallest absolute Gasteiger partial charge is 0.222 e. The fraction of sp³-hybridized carbons (Fsp3) is 0.588. The van der Waals surface area contributed by atoms with Crippen molar-refractivity contribution in [2.24, 2.45) is 0 Å². The summed E-state index contributed by atoms with van der Waals surface area (Å²) < 4.78 is 5.49. The van der Waals surface area contributed by atoms with E-state index in [0.717, 1.165) is 26.0 Å². The van der Waals surface area contributed by atoms with Crippen LogP contribution in [0.5, 0.6) is 0 Å². The Morgan fingerprint density at radius 1 is 1.43 bits per heavy atom. The minimum Gasteiger partial charge on any atom is -0.378 e. The molecule has 0 radical (unpaired) electrons. The monoisotopic (exact) mass is 290 g/mol. The third-order valence-corrected chi connectivity index (χ3v) is 4.06. The molecule has 1 amide bonds. The maximum absolute atomic E-state index is 11.9. The Labute approximate surface area is 127 Å². The molecule has 1 saturated heterocycles. The summed E-state index contributed by atoms with van der Waals surface area (Å²) >= 11 is 0. The second kappa shape index (κ2) is 8.15. The van der Waals surface area contributed by atoms with Gasteiger partial charge in [-0.05, 0) is 32.4 Å². The molecule has 4 nitrogen and oxygen atoms in total. The van der Waals surface area contributed by atoms with Crippen LogP contribution in [0.15, 0.2) is 30.3 Å². The van der Waals surface area contributed by atoms with E-state index in [1.807, 2.05) is 6.07 Å². The second-order valence-corrected chi connectivity index (χ2v) is 5.89. The van der Waals surface area contributed by atoms with Crippen molar-refractivity contribution in [3.05, 3.63) is 35.9 Å². The molecular weight excluding hydrogens is 264 g/mol. The van der Waals surface area contributed by atoms with Crippen molar-refractivity contribution in [1.29, 1.82) is 0 Å². The first-order valence-corrected chi connectivity index (χ1v) is 7.77. The molecular formula is C17H26N2O2. The van der Waals surface area contributed by atoms with E-state index in [0.29, 0.717) is 19.0 Å². The maximum atomic E-state index is 11.9. The summed E-state index contributed by atoms with van der Waals surface area (Å²) in [6, 6.07) is 10.7. The molecule has 1 fully saturated rings. The van der Waals surface area contributed by atoms with E-state index in [1.54, 1.807) is 0 Å². The Balaban J connectivity index is 1.68. The Kier molecular flexibility index (Phi) is 6.21. The summed E-state index contributed by atoms with van der Waals surface area (Å²) in [6.45, 7) is 4.50. The van der Waals surface area contributed by atoms with Crippen molar-refractivity contribution in [1.82, 2.24) is 10.2 Å². The number of hydrogen-bond acceptors (Lipinski definition) is 3. The van der Waals surface area contributed by atoms with Crippen molar-refractivity contribution < 1.29 is 9.53 Å². The van der Waals surface area contributed by atoms with Crippen LogP contribution < -0.4 is 5.32 Å². The van der Waals surface area contributed by atoms with Crippen LogP contribution in [0.3, 0.4) is 0 Å². The lowest BCUT2D eigenvalue weighted by molar-refractivity contribution is -0.123. The number of carbonyl (C=O) groups is 1. The molecule has 2 atom stereocenters. The van der Waals surface area contributed by atoms with Gasteiger partial charge in [0.05, 0.1) is 12.5 Å². The molecule has 1 aromatic rings. The minimum atomic E-state index is 0.0989. The molecule has 0 aliphatic carbocycles. The molecule has 0 spiro atoms. The van der Waals surface area contributed by atoms with Gasteiger partial charge in [-0.15, -0.1) is 0 Å². The van der Waals surface area contributed by atoms with Gasteiger partial charge >= 0.3 is 0 Å². The molecule has 0 bridgehead atoms. The third-order valence-electron chi connectivity index (χ3n) is 4.06. The molecule has 4 heteroatoms. The van der Waals surface area contributed by atoms with Crippen LogP contribution >= 0.6 is 0 Å². The predicted molar refractivity (Wildman–Crippen MR) is 84.0 cm³/mol. The van der Waals surface area contributed by atoms with Crippen LogP contribution in [0.25, 0.3) is 0 Å². The fourth-order valence-electron chi connectivity index (χ4n) is 2.53. The normalized spacial score (nSPS) is 19.7. The number of rotatable bonds is 7. The van der Waals surface area contributed by atoms with Crippen LogP contribution in [0.4, 0.5) is 0 Å². The van der Waals surface area contributed by atoms with Gasteiger partial charge < -0.3 is 10.1 Å². The lowest BCUT2D eigenvalue weighted by Crippen LogP contribution is -2.40. The topological polar surface area (TPSA) is 41.6 Å². The number of ether oxygens (including phenoxy) is 1. The first-order valence-electron chi connectivity index (χ1n) is 7.77. The van der Waals surface area contributed by atoms with Gasteiger partial charge in [-0.3, -0.25) is 9.69 Å². The Bertz CT molecular complexity index is 430. The van der Waals surface area contributed by atoms with E-state index in [4.69, 9.17) is 4.74 Å². The summed E-state index contributed by atoms with van der Waals surface area (Å²) in [5.74, 6) is 0.0989. The minimum absolute atomic E-state index is 0.0989. The van der Waals surface area contributed by atoms with E-state index >= 15 is 0 Å². The fourth-order valence-corrected chi connectivity index (χ4v) is 2.53. The molecule has 0 unspecified atom stereocenters. The molecule has 1 heterocycles. The van der Waals surface area contributed by atoms with E-state index < -0.39 is 0 Å². The van der Waals surface area contributed by atoms with Crippen molar-refractivity contribution in [3.8, 4) is 0 Å². The molecule has 1 N–H and O–H groups in total. The number of carbonyl (C=O) groups excluding carboxylic acids is 1. The summed E-state index contributed by atoms with van der Waals surface area (Å²) in [7, 11) is 2.09. The van der Waals surface area contributed by atoms with Crippen molar-refractivity contribution in [2.75, 3.05) is 20.2 Å². The number of nitrogens with zero attached hydrogens (tertiary/aromatic N) is 1. The largest absolute Gasteiger partial charge is 0.378 e. The van der Waals surface area contributed by atoms with Gasteiger partial charge in [0.15, 0.2) is 0 Å². The highest BCUT2D eigenvalue weighted by Gasteiger charge is 2.19. The summed E-state index contributed by atoms with van der Waals surface area (Å²) in [5.41, 5.74) is 1.29. The van der Waals surface area contributed by atoms with Crippen molar-refractivity contribution in [2.45, 2.75) is 44.9 Å². The van der Waals surface area contributed by atoms with Gasteiger partial charge in [-0.2, -0.15) is 0 Å². The molecule has 0 aromatic heterocycles. The average Bonchev–Trinajstić information content (AvgIpc) is 2.98. The summed E-state index contributed by atoms with van der Waals surface area (Å²) in [4.78, 5) is 14.1. The van der Waals surface area contributed by atoms with E-state index in [9.17, 15) is 4.79 Å². The van der Waals surface area contributed by atoms with Gasteiger partial charge in [0.2, 0.25) is 5.91 Å². The van der Waals surface area contributed by atoms with Gasteiger partial charge in [-0.25, -0.2) is 0 Å². The van der Waals surface area contributed by atoms with Gasteiger partial charge in [-0.1, -0.05) is 30.3 Å². The van der Waals surface area contributed by atoms with E-state index in [-0.39, 0.29) is 12.0 Å². The predicted octanol–water partition coefficient (Wildman–Crippen LogP) is 2.19. The third kappa shape index (κ3) is 5.48. The van der Waals surface area contributed by atoms with Crippen LogP contribution in [-0.4, -0.2) is 43.2 Å². The van der Waals surface area contributed by atoms with Crippen LogP contribution in [0.1, 0.15) is 31.7 Å². The number of benzene rings is 1. The van der Waals surface area contributed by atoms with Gasteiger partial charge in [0.25, 0.3) is 0 Å². The summed E-state index contributed by atoms with van der Waals surface area (Å²) in [5, 5.41) is 3.02. The SMILES string of the molecule is C[C@H](CNC(=O)C[C@@H]1CCCO1)N(C)Cc1ccccc1. The van der Waals surface area contributed by atoms with Crippen LogP contribution in [0.2, 0.25) is 0 Å². The number of hydrogen-bond donors (Lipinski definition) is 1. The number of amides is 1. The maximum Gasteiger partial charge on any atom is 0.222 e. The molecule has 0 saturated carbocycles. The number of nitrogens with one attached hydrogen (secondary N) is 1. The standard InChI is InChI=1S/C17H26N2O2/c1-14(19(2)13-15-7-4-3-5-8-15)12-18-17(20)11-16-9-6-10-21-16/h3-5,7-8,14,16H,6,9-13H2,1-2H3,(H,18,20)/t14-,16+/m1/s1. The second-order valence-electron chi connectivity index (χ2n) is 5.89. The molecule has 1 aliphatic heterocycles. The van der Waals surface area contributed by atoms with Crippen LogP contribution in [0, 0.1) is 0 Å². The Morgan fingerprint density at radius 3 is 2.86 bits per heavy atom. The number of likely N-dealkylation sites (N-methyl/N-ethyl adjacent to an activating group) is 1. The molecule has 2 rings (SSSR count). The highest BCUT2D eigenvalue weighted by atomic mass is 16.5. The Morgan fingerprint density at radius 2 is 2.19 bits per heavy atom. The first-order chi connectivity index (χ1) is 10.1. The molecule has 1 aliphatic rings. The quantitative estimate of drug-likeness (QED) is 0.837. The lowest BCUT2D eigenvalue weighted by atomic mass is 10.1. The van der Waals surface area contributed by atoms with Crippen LogP contribution in [-0.2, 0) is 16.1 Å². The summed E-state index contributed by atoms with van der Waals surface area (Å²) in [6.07, 6.45) is 2.71. The van der Waals surface area contributed by atoms with E-state index in [2.05, 4.69) is 48.5 Å². The Hall–Kier alpha value is -1.39. The lowest BCUT2D eigenvalue weighted by Gasteiger charge is -2.25.